The zero-order valence-electron chi connectivity index (χ0n) is 11.3. The minimum Gasteiger partial charge on any atom is -0.383 e. The maximum absolute atomic E-state index is 12.2. The topological polar surface area (TPSA) is 41.6 Å². The zero-order valence-corrected chi connectivity index (χ0v) is 11.3. The van der Waals surface area contributed by atoms with Gasteiger partial charge in [-0.05, 0) is 19.0 Å². The molecule has 18 heavy (non-hydrogen) atoms. The third-order valence-corrected chi connectivity index (χ3v) is 2.94. The van der Waals surface area contributed by atoms with Gasteiger partial charge in [-0.15, -0.1) is 0 Å². The van der Waals surface area contributed by atoms with Crippen molar-refractivity contribution in [2.75, 3.05) is 34.4 Å². The van der Waals surface area contributed by atoms with E-state index in [2.05, 4.69) is 5.32 Å². The summed E-state index contributed by atoms with van der Waals surface area (Å²) in [6.45, 7) is 1.17. The summed E-state index contributed by atoms with van der Waals surface area (Å²) in [7, 11) is 5.25. The Labute approximate surface area is 109 Å². The van der Waals surface area contributed by atoms with Crippen molar-refractivity contribution in [2.45, 2.75) is 12.5 Å². The van der Waals surface area contributed by atoms with E-state index in [-0.39, 0.29) is 11.9 Å². The number of rotatable bonds is 7. The van der Waals surface area contributed by atoms with Crippen LogP contribution >= 0.6 is 0 Å². The number of hydrogen-bond donors (Lipinski definition) is 1. The predicted molar refractivity (Wildman–Crippen MR) is 72.5 cm³/mol. The highest BCUT2D eigenvalue weighted by Gasteiger charge is 2.20. The van der Waals surface area contributed by atoms with Crippen LogP contribution in [0.5, 0.6) is 0 Å². The van der Waals surface area contributed by atoms with Gasteiger partial charge in [-0.3, -0.25) is 4.79 Å². The minimum absolute atomic E-state index is 0.0957. The molecule has 0 saturated heterocycles. The Morgan fingerprint density at radius 2 is 2.06 bits per heavy atom. The van der Waals surface area contributed by atoms with E-state index >= 15 is 0 Å². The van der Waals surface area contributed by atoms with Gasteiger partial charge in [-0.2, -0.15) is 0 Å². The highest BCUT2D eigenvalue weighted by molar-refractivity contribution is 5.82. The fourth-order valence-electron chi connectivity index (χ4n) is 1.77. The Bertz CT molecular complexity index is 354. The second kappa shape index (κ2) is 7.84. The smallest absolute Gasteiger partial charge is 0.239 e. The predicted octanol–water partition coefficient (Wildman–Crippen LogP) is 0.922. The summed E-state index contributed by atoms with van der Waals surface area (Å²) in [4.78, 5) is 13.9. The molecule has 1 aromatic carbocycles. The quantitative estimate of drug-likeness (QED) is 0.782. The number of benzene rings is 1. The van der Waals surface area contributed by atoms with Crippen molar-refractivity contribution in [1.82, 2.24) is 10.2 Å². The SMILES string of the molecule is CNC(Cc1ccccc1)C(=O)N(C)CCOC. The fraction of sp³-hybridized carbons (Fsp3) is 0.500. The molecule has 0 bridgehead atoms. The summed E-state index contributed by atoms with van der Waals surface area (Å²) in [5.41, 5.74) is 1.16. The third-order valence-electron chi connectivity index (χ3n) is 2.94. The molecular formula is C14H22N2O2. The number of hydrogen-bond acceptors (Lipinski definition) is 3. The first-order valence-corrected chi connectivity index (χ1v) is 6.14. The van der Waals surface area contributed by atoms with E-state index in [1.165, 1.54) is 0 Å². The van der Waals surface area contributed by atoms with Gasteiger partial charge in [0.05, 0.1) is 12.6 Å². The Hall–Kier alpha value is -1.39. The molecule has 1 atom stereocenters. The molecule has 0 saturated carbocycles. The minimum atomic E-state index is -0.186. The van der Waals surface area contributed by atoms with Gasteiger partial charge in [0.1, 0.15) is 0 Å². The molecule has 1 N–H and O–H groups in total. The summed E-state index contributed by atoms with van der Waals surface area (Å²) in [5.74, 6) is 0.0957. The molecule has 4 heteroatoms. The number of ether oxygens (including phenoxy) is 1. The number of likely N-dealkylation sites (N-methyl/N-ethyl adjacent to an activating group) is 2. The highest BCUT2D eigenvalue weighted by Crippen LogP contribution is 2.05. The lowest BCUT2D eigenvalue weighted by Crippen LogP contribution is -2.45. The standard InChI is InChI=1S/C14H22N2O2/c1-15-13(11-12-7-5-4-6-8-12)14(17)16(2)9-10-18-3/h4-8,13,15H,9-11H2,1-3H3. The summed E-state index contributed by atoms with van der Waals surface area (Å²) in [6.07, 6.45) is 0.702. The molecule has 1 unspecified atom stereocenters. The normalized spacial score (nSPS) is 12.2. The van der Waals surface area contributed by atoms with Crippen LogP contribution in [0.4, 0.5) is 0 Å². The highest BCUT2D eigenvalue weighted by atomic mass is 16.5. The molecular weight excluding hydrogens is 228 g/mol. The zero-order chi connectivity index (χ0) is 13.4. The van der Waals surface area contributed by atoms with Crippen molar-refractivity contribution in [1.29, 1.82) is 0 Å². The van der Waals surface area contributed by atoms with Crippen LogP contribution in [-0.4, -0.2) is 51.2 Å². The Balaban J connectivity index is 2.57. The third kappa shape index (κ3) is 4.47. The molecule has 1 rings (SSSR count). The molecule has 0 radical (unpaired) electrons. The Kier molecular flexibility index (Phi) is 6.39. The Morgan fingerprint density at radius 1 is 1.39 bits per heavy atom. The first-order valence-electron chi connectivity index (χ1n) is 6.14. The van der Waals surface area contributed by atoms with Crippen LogP contribution < -0.4 is 5.32 Å². The molecule has 4 nitrogen and oxygen atoms in total. The van der Waals surface area contributed by atoms with Gasteiger partial charge in [0.15, 0.2) is 0 Å². The number of carbonyl (C=O) groups excluding carboxylic acids is 1. The average Bonchev–Trinajstić information content (AvgIpc) is 2.42. The van der Waals surface area contributed by atoms with Crippen LogP contribution in [0.25, 0.3) is 0 Å². The summed E-state index contributed by atoms with van der Waals surface area (Å²) < 4.78 is 4.98. The van der Waals surface area contributed by atoms with E-state index in [9.17, 15) is 4.79 Å². The maximum Gasteiger partial charge on any atom is 0.239 e. The second-order valence-electron chi connectivity index (χ2n) is 4.28. The van der Waals surface area contributed by atoms with Gasteiger partial charge in [0.25, 0.3) is 0 Å². The van der Waals surface area contributed by atoms with Crippen LogP contribution in [0.3, 0.4) is 0 Å². The lowest BCUT2D eigenvalue weighted by atomic mass is 10.1. The van der Waals surface area contributed by atoms with Gasteiger partial charge in [-0.25, -0.2) is 0 Å². The average molecular weight is 250 g/mol. The monoisotopic (exact) mass is 250 g/mol. The van der Waals surface area contributed by atoms with E-state index in [4.69, 9.17) is 4.74 Å². The van der Waals surface area contributed by atoms with E-state index < -0.39 is 0 Å². The van der Waals surface area contributed by atoms with Crippen LogP contribution in [0.1, 0.15) is 5.56 Å². The van der Waals surface area contributed by atoms with E-state index in [0.29, 0.717) is 19.6 Å². The molecule has 100 valence electrons. The number of nitrogens with one attached hydrogen (secondary N) is 1. The first kappa shape index (κ1) is 14.7. The first-order chi connectivity index (χ1) is 8.69. The number of nitrogens with zero attached hydrogens (tertiary/aromatic N) is 1. The van der Waals surface area contributed by atoms with Crippen LogP contribution in [0, 0.1) is 0 Å². The largest absolute Gasteiger partial charge is 0.383 e. The van der Waals surface area contributed by atoms with Crippen molar-refractivity contribution < 1.29 is 9.53 Å². The molecule has 0 aliphatic carbocycles. The van der Waals surface area contributed by atoms with Gasteiger partial charge < -0.3 is 15.0 Å². The fourth-order valence-corrected chi connectivity index (χ4v) is 1.77. The molecule has 0 aromatic heterocycles. The van der Waals surface area contributed by atoms with Crippen molar-refractivity contribution in [3.63, 3.8) is 0 Å². The molecule has 0 heterocycles. The van der Waals surface area contributed by atoms with Crippen LogP contribution in [0.15, 0.2) is 30.3 Å². The summed E-state index contributed by atoms with van der Waals surface area (Å²) >= 11 is 0. The second-order valence-corrected chi connectivity index (χ2v) is 4.28. The maximum atomic E-state index is 12.2. The lowest BCUT2D eigenvalue weighted by molar-refractivity contribution is -0.132. The van der Waals surface area contributed by atoms with Crippen molar-refractivity contribution in [3.8, 4) is 0 Å². The van der Waals surface area contributed by atoms with Gasteiger partial charge in [0.2, 0.25) is 5.91 Å². The van der Waals surface area contributed by atoms with E-state index in [1.807, 2.05) is 37.4 Å². The molecule has 0 aliphatic heterocycles. The summed E-state index contributed by atoms with van der Waals surface area (Å²) in [6, 6.07) is 9.83. The molecule has 1 aromatic rings. The lowest BCUT2D eigenvalue weighted by Gasteiger charge is -2.23. The number of carbonyl (C=O) groups is 1. The number of methoxy groups -OCH3 is 1. The molecule has 0 spiro atoms. The van der Waals surface area contributed by atoms with E-state index in [0.717, 1.165) is 5.56 Å². The van der Waals surface area contributed by atoms with Crippen molar-refractivity contribution in [3.05, 3.63) is 35.9 Å². The Morgan fingerprint density at radius 3 is 2.61 bits per heavy atom. The molecule has 1 amide bonds. The van der Waals surface area contributed by atoms with Gasteiger partial charge >= 0.3 is 0 Å². The van der Waals surface area contributed by atoms with Crippen LogP contribution in [0.2, 0.25) is 0 Å². The number of amides is 1. The van der Waals surface area contributed by atoms with Crippen LogP contribution in [-0.2, 0) is 16.0 Å². The molecule has 0 fully saturated rings. The molecule has 0 aliphatic rings. The van der Waals surface area contributed by atoms with Crippen molar-refractivity contribution in [2.24, 2.45) is 0 Å². The van der Waals surface area contributed by atoms with E-state index in [1.54, 1.807) is 19.1 Å². The van der Waals surface area contributed by atoms with Gasteiger partial charge in [-0.1, -0.05) is 30.3 Å². The summed E-state index contributed by atoms with van der Waals surface area (Å²) in [5, 5.41) is 3.08. The van der Waals surface area contributed by atoms with Crippen molar-refractivity contribution >= 4 is 5.91 Å². The van der Waals surface area contributed by atoms with Gasteiger partial charge in [0, 0.05) is 20.7 Å².